The number of hydrogen-bond donors (Lipinski definition) is 1. The molecule has 0 bridgehead atoms. The molecule has 0 heterocycles. The molecule has 0 aliphatic carbocycles. The van der Waals surface area contributed by atoms with Crippen molar-refractivity contribution in [2.45, 2.75) is 72.4 Å². The van der Waals surface area contributed by atoms with Gasteiger partial charge in [-0.1, -0.05) is 34.6 Å². The maximum Gasteiger partial charge on any atom is 0.149 e. The first-order valence-corrected chi connectivity index (χ1v) is 6.69. The van der Waals surface area contributed by atoms with Crippen molar-refractivity contribution in [1.82, 2.24) is 5.32 Å². The van der Waals surface area contributed by atoms with Crippen LogP contribution < -0.4 is 5.32 Å². The molecular weight excluding hydrogens is 214 g/mol. The highest BCUT2D eigenvalue weighted by molar-refractivity contribution is 5.84. The van der Waals surface area contributed by atoms with Gasteiger partial charge >= 0.3 is 0 Å². The highest BCUT2D eigenvalue weighted by Crippen LogP contribution is 2.09. The van der Waals surface area contributed by atoms with E-state index in [1.807, 2.05) is 34.6 Å². The second-order valence-electron chi connectivity index (χ2n) is 5.21. The van der Waals surface area contributed by atoms with Crippen LogP contribution in [0.15, 0.2) is 0 Å². The molecule has 0 spiro atoms. The summed E-state index contributed by atoms with van der Waals surface area (Å²) in [7, 11) is 0. The van der Waals surface area contributed by atoms with Gasteiger partial charge in [-0.15, -0.1) is 0 Å². The topological polar surface area (TPSA) is 46.2 Å². The summed E-state index contributed by atoms with van der Waals surface area (Å²) >= 11 is 0. The van der Waals surface area contributed by atoms with E-state index in [-0.39, 0.29) is 23.5 Å². The van der Waals surface area contributed by atoms with Crippen LogP contribution in [0.1, 0.15) is 60.3 Å². The highest BCUT2D eigenvalue weighted by Gasteiger charge is 2.17. The smallest absolute Gasteiger partial charge is 0.149 e. The van der Waals surface area contributed by atoms with Crippen molar-refractivity contribution < 1.29 is 9.59 Å². The number of carbonyl (C=O) groups excluding carboxylic acids is 2. The number of nitrogens with one attached hydrogen (secondary N) is 1. The van der Waals surface area contributed by atoms with Crippen molar-refractivity contribution in [3.05, 3.63) is 0 Å². The molecule has 3 nitrogen and oxygen atoms in total. The largest absolute Gasteiger partial charge is 0.305 e. The summed E-state index contributed by atoms with van der Waals surface area (Å²) in [4.78, 5) is 23.2. The quantitative estimate of drug-likeness (QED) is 0.675. The number of carbonyl (C=O) groups is 2. The van der Waals surface area contributed by atoms with Gasteiger partial charge in [-0.2, -0.15) is 0 Å². The molecule has 17 heavy (non-hydrogen) atoms. The monoisotopic (exact) mass is 241 g/mol. The Hall–Kier alpha value is -0.700. The lowest BCUT2D eigenvalue weighted by molar-refractivity contribution is -0.123. The van der Waals surface area contributed by atoms with Crippen LogP contribution in [0.5, 0.6) is 0 Å². The van der Waals surface area contributed by atoms with Gasteiger partial charge in [-0.3, -0.25) is 9.59 Å². The standard InChI is InChI=1S/C14H27NO2/c1-6-13(16)12(15-11(4)5)8-7-9-14(17)10(2)3/h10-12,15H,6-9H2,1-5H3/t12-/m1/s1. The first-order valence-electron chi connectivity index (χ1n) is 6.69. The van der Waals surface area contributed by atoms with E-state index in [0.29, 0.717) is 18.9 Å². The molecule has 0 aliphatic heterocycles. The SMILES string of the molecule is CCC(=O)[C@@H](CCCC(=O)C(C)C)NC(C)C. The minimum atomic E-state index is -0.0834. The van der Waals surface area contributed by atoms with Crippen LogP contribution in [0, 0.1) is 5.92 Å². The van der Waals surface area contributed by atoms with Crippen molar-refractivity contribution in [3.63, 3.8) is 0 Å². The van der Waals surface area contributed by atoms with Crippen LogP contribution in [0.25, 0.3) is 0 Å². The van der Waals surface area contributed by atoms with Crippen molar-refractivity contribution in [2.24, 2.45) is 5.92 Å². The van der Waals surface area contributed by atoms with Gasteiger partial charge in [0.15, 0.2) is 0 Å². The fourth-order valence-electron chi connectivity index (χ4n) is 1.76. The Bertz CT molecular complexity index is 247. The van der Waals surface area contributed by atoms with E-state index >= 15 is 0 Å². The van der Waals surface area contributed by atoms with E-state index in [1.165, 1.54) is 0 Å². The van der Waals surface area contributed by atoms with Crippen molar-refractivity contribution in [1.29, 1.82) is 0 Å². The van der Waals surface area contributed by atoms with Crippen LogP contribution in [0.2, 0.25) is 0 Å². The normalized spacial score (nSPS) is 13.1. The molecule has 0 aliphatic rings. The molecule has 1 N–H and O–H groups in total. The molecule has 0 fully saturated rings. The van der Waals surface area contributed by atoms with Gasteiger partial charge in [0.2, 0.25) is 0 Å². The molecule has 0 aromatic rings. The fourth-order valence-corrected chi connectivity index (χ4v) is 1.76. The maximum absolute atomic E-state index is 11.7. The minimum Gasteiger partial charge on any atom is -0.305 e. The summed E-state index contributed by atoms with van der Waals surface area (Å²) in [6, 6.07) is 0.219. The molecule has 3 heteroatoms. The molecule has 0 saturated carbocycles. The predicted octanol–water partition coefficient (Wildman–Crippen LogP) is 2.73. The van der Waals surface area contributed by atoms with E-state index in [1.54, 1.807) is 0 Å². The van der Waals surface area contributed by atoms with Gasteiger partial charge in [0.25, 0.3) is 0 Å². The van der Waals surface area contributed by atoms with Crippen molar-refractivity contribution in [3.8, 4) is 0 Å². The van der Waals surface area contributed by atoms with Crippen LogP contribution in [-0.4, -0.2) is 23.7 Å². The third-order valence-corrected chi connectivity index (χ3v) is 2.83. The lowest BCUT2D eigenvalue weighted by Gasteiger charge is -2.19. The zero-order chi connectivity index (χ0) is 13.4. The highest BCUT2D eigenvalue weighted by atomic mass is 16.1. The second-order valence-corrected chi connectivity index (χ2v) is 5.21. The zero-order valence-electron chi connectivity index (χ0n) is 11.9. The van der Waals surface area contributed by atoms with Crippen LogP contribution in [-0.2, 0) is 9.59 Å². The molecule has 100 valence electrons. The summed E-state index contributed by atoms with van der Waals surface area (Å²) < 4.78 is 0. The third-order valence-electron chi connectivity index (χ3n) is 2.83. The van der Waals surface area contributed by atoms with E-state index < -0.39 is 0 Å². The lowest BCUT2D eigenvalue weighted by atomic mass is 9.98. The first-order chi connectivity index (χ1) is 7.88. The van der Waals surface area contributed by atoms with Crippen LogP contribution in [0.3, 0.4) is 0 Å². The number of Topliss-reactive ketones (excluding diaryl/α,β-unsaturated/α-hetero) is 2. The Morgan fingerprint density at radius 3 is 2.06 bits per heavy atom. The Kier molecular flexibility index (Phi) is 8.05. The molecule has 0 rings (SSSR count). The van der Waals surface area contributed by atoms with Crippen molar-refractivity contribution >= 4 is 11.6 Å². The zero-order valence-corrected chi connectivity index (χ0v) is 11.9. The Morgan fingerprint density at radius 2 is 1.65 bits per heavy atom. The van der Waals surface area contributed by atoms with Gasteiger partial charge in [-0.25, -0.2) is 0 Å². The van der Waals surface area contributed by atoms with Gasteiger partial charge in [0.05, 0.1) is 6.04 Å². The molecule has 0 saturated heterocycles. The second kappa shape index (κ2) is 8.40. The van der Waals surface area contributed by atoms with Gasteiger partial charge in [0, 0.05) is 24.8 Å². The molecular formula is C14H27NO2. The van der Waals surface area contributed by atoms with E-state index in [9.17, 15) is 9.59 Å². The van der Waals surface area contributed by atoms with Gasteiger partial charge in [0.1, 0.15) is 11.6 Å². The summed E-state index contributed by atoms with van der Waals surface area (Å²) in [5.41, 5.74) is 0. The number of hydrogen-bond acceptors (Lipinski definition) is 3. The molecule has 0 unspecified atom stereocenters. The lowest BCUT2D eigenvalue weighted by Crippen LogP contribution is -2.40. The minimum absolute atomic E-state index is 0.0834. The summed E-state index contributed by atoms with van der Waals surface area (Å²) in [5, 5.41) is 3.27. The van der Waals surface area contributed by atoms with E-state index in [2.05, 4.69) is 5.32 Å². The number of rotatable bonds is 9. The maximum atomic E-state index is 11.7. The van der Waals surface area contributed by atoms with Crippen LogP contribution >= 0.6 is 0 Å². The number of ketones is 2. The third kappa shape index (κ3) is 7.27. The average molecular weight is 241 g/mol. The van der Waals surface area contributed by atoms with E-state index in [0.717, 1.165) is 12.8 Å². The molecule has 0 radical (unpaired) electrons. The Balaban J connectivity index is 4.08. The summed E-state index contributed by atoms with van der Waals surface area (Å²) in [5.74, 6) is 0.640. The Morgan fingerprint density at radius 1 is 1.06 bits per heavy atom. The fraction of sp³-hybridized carbons (Fsp3) is 0.857. The predicted molar refractivity (Wildman–Crippen MR) is 71.1 cm³/mol. The van der Waals surface area contributed by atoms with E-state index in [4.69, 9.17) is 0 Å². The average Bonchev–Trinajstić information content (AvgIpc) is 2.25. The van der Waals surface area contributed by atoms with Gasteiger partial charge < -0.3 is 5.32 Å². The molecule has 1 atom stereocenters. The van der Waals surface area contributed by atoms with Gasteiger partial charge in [-0.05, 0) is 12.8 Å². The Labute approximate surface area is 105 Å². The molecule has 0 amide bonds. The first kappa shape index (κ1) is 16.3. The molecule has 0 aromatic carbocycles. The van der Waals surface area contributed by atoms with Crippen molar-refractivity contribution in [2.75, 3.05) is 0 Å². The summed E-state index contributed by atoms with van der Waals surface area (Å²) in [6.07, 6.45) is 2.71. The van der Waals surface area contributed by atoms with Crippen LogP contribution in [0.4, 0.5) is 0 Å². The molecule has 0 aromatic heterocycles. The summed E-state index contributed by atoms with van der Waals surface area (Å²) in [6.45, 7) is 9.80.